The number of aromatic nitrogens is 3. The average Bonchev–Trinajstić information content (AvgIpc) is 2.98. The van der Waals surface area contributed by atoms with Gasteiger partial charge < -0.3 is 19.3 Å². The SMILES string of the molecule is Cc1noc(C)c1Nc1cc(-c2c(C)noc2C)c[nH]c1=O. The maximum Gasteiger partial charge on any atom is 0.271 e. The van der Waals surface area contributed by atoms with Crippen molar-refractivity contribution in [3.8, 4) is 11.1 Å². The number of aryl methyl sites for hydroxylation is 4. The quantitative estimate of drug-likeness (QED) is 0.771. The molecular formula is C15H16N4O3. The van der Waals surface area contributed by atoms with Gasteiger partial charge in [0.15, 0.2) is 5.76 Å². The van der Waals surface area contributed by atoms with E-state index in [1.165, 1.54) is 0 Å². The van der Waals surface area contributed by atoms with Crippen LogP contribution < -0.4 is 10.9 Å². The van der Waals surface area contributed by atoms with E-state index in [1.807, 2.05) is 20.8 Å². The summed E-state index contributed by atoms with van der Waals surface area (Å²) in [5.41, 5.74) is 4.04. The minimum absolute atomic E-state index is 0.226. The van der Waals surface area contributed by atoms with Crippen molar-refractivity contribution in [2.45, 2.75) is 27.7 Å². The molecule has 0 bridgehead atoms. The fourth-order valence-electron chi connectivity index (χ4n) is 2.41. The monoisotopic (exact) mass is 300 g/mol. The van der Waals surface area contributed by atoms with E-state index in [-0.39, 0.29) is 5.56 Å². The summed E-state index contributed by atoms with van der Waals surface area (Å²) in [5.74, 6) is 1.33. The Morgan fingerprint density at radius 1 is 1.05 bits per heavy atom. The van der Waals surface area contributed by atoms with Crippen LogP contribution in [0.3, 0.4) is 0 Å². The molecule has 0 atom stereocenters. The summed E-state index contributed by atoms with van der Waals surface area (Å²) < 4.78 is 10.3. The lowest BCUT2D eigenvalue weighted by Crippen LogP contribution is -2.11. The molecule has 2 N–H and O–H groups in total. The summed E-state index contributed by atoms with van der Waals surface area (Å²) in [7, 11) is 0. The normalized spacial score (nSPS) is 10.9. The number of anilines is 2. The molecule has 114 valence electrons. The Bertz CT molecular complexity index is 850. The van der Waals surface area contributed by atoms with Crippen LogP contribution in [-0.2, 0) is 0 Å². The molecule has 0 saturated carbocycles. The maximum atomic E-state index is 12.1. The van der Waals surface area contributed by atoms with Crippen LogP contribution in [0.25, 0.3) is 11.1 Å². The predicted octanol–water partition coefficient (Wildman–Crippen LogP) is 3.00. The minimum Gasteiger partial charge on any atom is -0.361 e. The van der Waals surface area contributed by atoms with Crippen molar-refractivity contribution >= 4 is 11.4 Å². The third-order valence-corrected chi connectivity index (χ3v) is 3.52. The number of rotatable bonds is 3. The first kappa shape index (κ1) is 14.1. The van der Waals surface area contributed by atoms with E-state index in [4.69, 9.17) is 9.05 Å². The Morgan fingerprint density at radius 3 is 2.32 bits per heavy atom. The van der Waals surface area contributed by atoms with Crippen LogP contribution in [0.2, 0.25) is 0 Å². The molecule has 22 heavy (non-hydrogen) atoms. The predicted molar refractivity (Wildman–Crippen MR) is 81.3 cm³/mol. The molecule has 3 rings (SSSR count). The van der Waals surface area contributed by atoms with Crippen molar-refractivity contribution in [3.05, 3.63) is 45.5 Å². The highest BCUT2D eigenvalue weighted by molar-refractivity contribution is 5.72. The Kier molecular flexibility index (Phi) is 3.32. The fourth-order valence-corrected chi connectivity index (χ4v) is 2.41. The lowest BCUT2D eigenvalue weighted by Gasteiger charge is -2.07. The van der Waals surface area contributed by atoms with Gasteiger partial charge in [-0.3, -0.25) is 4.79 Å². The lowest BCUT2D eigenvalue weighted by molar-refractivity contribution is 0.393. The van der Waals surface area contributed by atoms with Crippen molar-refractivity contribution in [3.63, 3.8) is 0 Å². The highest BCUT2D eigenvalue weighted by Crippen LogP contribution is 2.28. The Balaban J connectivity index is 2.06. The first-order valence-electron chi connectivity index (χ1n) is 6.83. The van der Waals surface area contributed by atoms with Crippen molar-refractivity contribution in [1.29, 1.82) is 0 Å². The van der Waals surface area contributed by atoms with Crippen LogP contribution in [0.4, 0.5) is 11.4 Å². The van der Waals surface area contributed by atoms with Crippen LogP contribution in [-0.4, -0.2) is 15.3 Å². The lowest BCUT2D eigenvalue weighted by atomic mass is 10.1. The molecule has 0 fully saturated rings. The van der Waals surface area contributed by atoms with Crippen LogP contribution in [0.5, 0.6) is 0 Å². The maximum absolute atomic E-state index is 12.1. The number of pyridine rings is 1. The van der Waals surface area contributed by atoms with Crippen LogP contribution in [0.1, 0.15) is 22.9 Å². The minimum atomic E-state index is -0.226. The summed E-state index contributed by atoms with van der Waals surface area (Å²) in [6.45, 7) is 7.29. The standard InChI is InChI=1S/C15H16N4O3/c1-7-13(9(3)21-18-7)11-5-12(15(20)16-6-11)17-14-8(2)19-22-10(14)4/h5-6,17H,1-4H3,(H,16,20). The molecule has 0 aliphatic carbocycles. The van der Waals surface area contributed by atoms with Crippen LogP contribution in [0, 0.1) is 27.7 Å². The molecule has 7 heteroatoms. The molecule has 7 nitrogen and oxygen atoms in total. The highest BCUT2D eigenvalue weighted by Gasteiger charge is 2.15. The van der Waals surface area contributed by atoms with Gasteiger partial charge in [0.2, 0.25) is 0 Å². The van der Waals surface area contributed by atoms with Crippen LogP contribution in [0.15, 0.2) is 26.1 Å². The Morgan fingerprint density at radius 2 is 1.73 bits per heavy atom. The number of aromatic amines is 1. The van der Waals surface area contributed by atoms with Gasteiger partial charge in [0, 0.05) is 17.3 Å². The van der Waals surface area contributed by atoms with Gasteiger partial charge in [0.25, 0.3) is 5.56 Å². The molecule has 0 aromatic carbocycles. The highest BCUT2D eigenvalue weighted by atomic mass is 16.5. The molecule has 0 saturated heterocycles. The second-order valence-corrected chi connectivity index (χ2v) is 5.15. The zero-order valence-corrected chi connectivity index (χ0v) is 12.8. The topological polar surface area (TPSA) is 96.9 Å². The molecule has 0 radical (unpaired) electrons. The number of hydrogen-bond acceptors (Lipinski definition) is 6. The van der Waals surface area contributed by atoms with E-state index in [1.54, 1.807) is 19.2 Å². The largest absolute Gasteiger partial charge is 0.361 e. The Hall–Kier alpha value is -2.83. The van der Waals surface area contributed by atoms with Gasteiger partial charge in [-0.25, -0.2) is 0 Å². The fraction of sp³-hybridized carbons (Fsp3) is 0.267. The number of hydrogen-bond donors (Lipinski definition) is 2. The van der Waals surface area contributed by atoms with Crippen LogP contribution >= 0.6 is 0 Å². The third kappa shape index (κ3) is 2.30. The van der Waals surface area contributed by atoms with Gasteiger partial charge >= 0.3 is 0 Å². The molecule has 3 aromatic rings. The van der Waals surface area contributed by atoms with Crippen molar-refractivity contribution in [1.82, 2.24) is 15.3 Å². The van der Waals surface area contributed by atoms with Gasteiger partial charge in [-0.05, 0) is 33.8 Å². The zero-order chi connectivity index (χ0) is 15.9. The van der Waals surface area contributed by atoms with Crippen molar-refractivity contribution < 1.29 is 9.05 Å². The first-order valence-corrected chi connectivity index (χ1v) is 6.83. The van der Waals surface area contributed by atoms with E-state index >= 15 is 0 Å². The third-order valence-electron chi connectivity index (χ3n) is 3.52. The Labute approximate surface area is 126 Å². The van der Waals surface area contributed by atoms with E-state index in [0.717, 1.165) is 16.8 Å². The van der Waals surface area contributed by atoms with Crippen molar-refractivity contribution in [2.75, 3.05) is 5.32 Å². The molecule has 0 aliphatic heterocycles. The summed E-state index contributed by atoms with van der Waals surface area (Å²) in [6.07, 6.45) is 1.65. The number of nitrogens with one attached hydrogen (secondary N) is 2. The second kappa shape index (κ2) is 5.18. The molecule has 0 aliphatic rings. The molecule has 0 amide bonds. The molecule has 0 unspecified atom stereocenters. The van der Waals surface area contributed by atoms with E-state index < -0.39 is 0 Å². The molecule has 0 spiro atoms. The van der Waals surface area contributed by atoms with Gasteiger partial charge in [-0.2, -0.15) is 0 Å². The van der Waals surface area contributed by atoms with E-state index in [9.17, 15) is 4.79 Å². The van der Waals surface area contributed by atoms with Gasteiger partial charge in [-0.15, -0.1) is 0 Å². The van der Waals surface area contributed by atoms with Crippen molar-refractivity contribution in [2.24, 2.45) is 0 Å². The smallest absolute Gasteiger partial charge is 0.271 e. The number of H-pyrrole nitrogens is 1. The van der Waals surface area contributed by atoms with Gasteiger partial charge in [-0.1, -0.05) is 10.3 Å². The first-order chi connectivity index (χ1) is 10.5. The van der Waals surface area contributed by atoms with E-state index in [0.29, 0.717) is 28.6 Å². The van der Waals surface area contributed by atoms with Gasteiger partial charge in [0.1, 0.15) is 22.8 Å². The summed E-state index contributed by atoms with van der Waals surface area (Å²) in [4.78, 5) is 14.8. The zero-order valence-electron chi connectivity index (χ0n) is 12.8. The average molecular weight is 300 g/mol. The number of nitrogens with zero attached hydrogens (tertiary/aromatic N) is 2. The summed E-state index contributed by atoms with van der Waals surface area (Å²) in [5, 5.41) is 10.9. The molecule has 3 heterocycles. The second-order valence-electron chi connectivity index (χ2n) is 5.15. The summed E-state index contributed by atoms with van der Waals surface area (Å²) in [6, 6.07) is 1.76. The van der Waals surface area contributed by atoms with E-state index in [2.05, 4.69) is 20.6 Å². The summed E-state index contributed by atoms with van der Waals surface area (Å²) >= 11 is 0. The van der Waals surface area contributed by atoms with Gasteiger partial charge in [0.05, 0.1) is 5.69 Å². The molecular weight excluding hydrogens is 284 g/mol. The molecule has 3 aromatic heterocycles.